The average molecular weight is 299 g/mol. The van der Waals surface area contributed by atoms with Gasteiger partial charge in [-0.05, 0) is 38.4 Å². The van der Waals surface area contributed by atoms with E-state index in [1.54, 1.807) is 6.07 Å². The lowest BCUT2D eigenvalue weighted by Gasteiger charge is -2.32. The fourth-order valence-electron chi connectivity index (χ4n) is 2.76. The number of halogens is 3. The summed E-state index contributed by atoms with van der Waals surface area (Å²) in [5.74, 6) is -1.12. The Morgan fingerprint density at radius 3 is 2.43 bits per heavy atom. The zero-order valence-electron chi connectivity index (χ0n) is 12.1. The molecule has 1 aromatic rings. The second kappa shape index (κ2) is 6.60. The van der Waals surface area contributed by atoms with Gasteiger partial charge in [-0.1, -0.05) is 24.3 Å². The van der Waals surface area contributed by atoms with Crippen molar-refractivity contribution in [3.63, 3.8) is 0 Å². The molecule has 0 unspecified atom stereocenters. The van der Waals surface area contributed by atoms with Crippen LogP contribution in [-0.2, 0) is 0 Å². The van der Waals surface area contributed by atoms with Crippen molar-refractivity contribution in [3.05, 3.63) is 35.4 Å². The SMILES string of the molecule is Cc1ccccc1C(=O)CCN1CCC(C(F)(F)F)CC1. The molecule has 0 aromatic heterocycles. The minimum Gasteiger partial charge on any atom is -0.303 e. The summed E-state index contributed by atoms with van der Waals surface area (Å²) >= 11 is 0. The van der Waals surface area contributed by atoms with Crippen LogP contribution in [0.2, 0.25) is 0 Å². The molecule has 0 saturated carbocycles. The predicted molar refractivity (Wildman–Crippen MR) is 75.3 cm³/mol. The van der Waals surface area contributed by atoms with Gasteiger partial charge in [-0.25, -0.2) is 0 Å². The van der Waals surface area contributed by atoms with Crippen LogP contribution in [-0.4, -0.2) is 36.5 Å². The molecular weight excluding hydrogens is 279 g/mol. The third-order valence-corrected chi connectivity index (χ3v) is 4.15. The second-order valence-corrected chi connectivity index (χ2v) is 5.65. The van der Waals surface area contributed by atoms with Crippen LogP contribution in [0.4, 0.5) is 13.2 Å². The fourth-order valence-corrected chi connectivity index (χ4v) is 2.76. The molecule has 0 N–H and O–H groups in total. The number of nitrogens with zero attached hydrogens (tertiary/aromatic N) is 1. The molecule has 0 spiro atoms. The number of hydrogen-bond donors (Lipinski definition) is 0. The minimum atomic E-state index is -4.08. The molecule has 1 saturated heterocycles. The molecule has 1 heterocycles. The third kappa shape index (κ3) is 4.30. The summed E-state index contributed by atoms with van der Waals surface area (Å²) in [5, 5.41) is 0. The lowest BCUT2D eigenvalue weighted by atomic mass is 9.96. The van der Waals surface area contributed by atoms with Gasteiger partial charge in [0.2, 0.25) is 0 Å². The van der Waals surface area contributed by atoms with E-state index in [2.05, 4.69) is 0 Å². The fraction of sp³-hybridized carbons (Fsp3) is 0.562. The number of hydrogen-bond acceptors (Lipinski definition) is 2. The van der Waals surface area contributed by atoms with Gasteiger partial charge < -0.3 is 4.90 Å². The van der Waals surface area contributed by atoms with Crippen molar-refractivity contribution >= 4 is 5.78 Å². The van der Waals surface area contributed by atoms with E-state index < -0.39 is 12.1 Å². The van der Waals surface area contributed by atoms with Crippen LogP contribution in [0, 0.1) is 12.8 Å². The van der Waals surface area contributed by atoms with Gasteiger partial charge in [0.1, 0.15) is 0 Å². The third-order valence-electron chi connectivity index (χ3n) is 4.15. The first-order chi connectivity index (χ1) is 9.88. The number of carbonyl (C=O) groups excluding carboxylic acids is 1. The van der Waals surface area contributed by atoms with Gasteiger partial charge in [0.05, 0.1) is 5.92 Å². The second-order valence-electron chi connectivity index (χ2n) is 5.65. The number of carbonyl (C=O) groups is 1. The number of rotatable bonds is 4. The smallest absolute Gasteiger partial charge is 0.303 e. The van der Waals surface area contributed by atoms with Crippen LogP contribution in [0.1, 0.15) is 35.2 Å². The van der Waals surface area contributed by atoms with Gasteiger partial charge in [0.15, 0.2) is 5.78 Å². The molecule has 0 atom stereocenters. The molecular formula is C16H20F3NO. The van der Waals surface area contributed by atoms with E-state index >= 15 is 0 Å². The summed E-state index contributed by atoms with van der Waals surface area (Å²) in [4.78, 5) is 14.1. The van der Waals surface area contributed by atoms with Gasteiger partial charge in [0.25, 0.3) is 0 Å². The molecule has 0 aliphatic carbocycles. The Kier molecular flexibility index (Phi) is 5.04. The highest BCUT2D eigenvalue weighted by molar-refractivity contribution is 5.97. The standard InChI is InChI=1S/C16H20F3NO/c1-12-4-2-3-5-14(12)15(21)8-11-20-9-6-13(7-10-20)16(17,18)19/h2-5,13H,6-11H2,1H3. The van der Waals surface area contributed by atoms with E-state index in [-0.39, 0.29) is 18.6 Å². The maximum absolute atomic E-state index is 12.6. The Hall–Kier alpha value is -1.36. The Labute approximate surface area is 122 Å². The Bertz CT molecular complexity index is 491. The van der Waals surface area contributed by atoms with E-state index in [0.717, 1.165) is 5.56 Å². The van der Waals surface area contributed by atoms with Crippen LogP contribution in [0.5, 0.6) is 0 Å². The zero-order valence-corrected chi connectivity index (χ0v) is 12.1. The van der Waals surface area contributed by atoms with Gasteiger partial charge in [-0.2, -0.15) is 13.2 Å². The van der Waals surface area contributed by atoms with E-state index in [4.69, 9.17) is 0 Å². The van der Waals surface area contributed by atoms with Crippen LogP contribution in [0.15, 0.2) is 24.3 Å². The first-order valence-corrected chi connectivity index (χ1v) is 7.26. The summed E-state index contributed by atoms with van der Waals surface area (Å²) in [7, 11) is 0. The number of aryl methyl sites for hydroxylation is 1. The van der Waals surface area contributed by atoms with Crippen molar-refractivity contribution in [1.82, 2.24) is 4.90 Å². The number of alkyl halides is 3. The van der Waals surface area contributed by atoms with Crippen LogP contribution >= 0.6 is 0 Å². The normalized spacial score (nSPS) is 17.9. The van der Waals surface area contributed by atoms with Crippen molar-refractivity contribution in [2.24, 2.45) is 5.92 Å². The zero-order chi connectivity index (χ0) is 15.5. The molecule has 1 aliphatic rings. The topological polar surface area (TPSA) is 20.3 Å². The molecule has 2 nitrogen and oxygen atoms in total. The molecule has 0 radical (unpaired) electrons. The molecule has 0 amide bonds. The van der Waals surface area contributed by atoms with Crippen molar-refractivity contribution in [2.45, 2.75) is 32.4 Å². The summed E-state index contributed by atoms with van der Waals surface area (Å²) < 4.78 is 37.7. The Morgan fingerprint density at radius 2 is 1.86 bits per heavy atom. The lowest BCUT2D eigenvalue weighted by molar-refractivity contribution is -0.185. The quantitative estimate of drug-likeness (QED) is 0.787. The first-order valence-electron chi connectivity index (χ1n) is 7.26. The Balaban J connectivity index is 1.80. The van der Waals surface area contributed by atoms with Crippen molar-refractivity contribution in [3.8, 4) is 0 Å². The summed E-state index contributed by atoms with van der Waals surface area (Å²) in [6, 6.07) is 7.40. The number of likely N-dealkylation sites (tertiary alicyclic amines) is 1. The van der Waals surface area contributed by atoms with Gasteiger partial charge in [-0.3, -0.25) is 4.79 Å². The summed E-state index contributed by atoms with van der Waals surface area (Å²) in [6.45, 7) is 3.27. The lowest BCUT2D eigenvalue weighted by Crippen LogP contribution is -2.39. The highest BCUT2D eigenvalue weighted by atomic mass is 19.4. The largest absolute Gasteiger partial charge is 0.391 e. The van der Waals surface area contributed by atoms with Gasteiger partial charge in [-0.15, -0.1) is 0 Å². The van der Waals surface area contributed by atoms with E-state index in [1.165, 1.54) is 0 Å². The maximum atomic E-state index is 12.6. The van der Waals surface area contributed by atoms with E-state index in [1.807, 2.05) is 30.0 Å². The van der Waals surface area contributed by atoms with Crippen LogP contribution in [0.25, 0.3) is 0 Å². The van der Waals surface area contributed by atoms with E-state index in [9.17, 15) is 18.0 Å². The molecule has 5 heteroatoms. The predicted octanol–water partition coefficient (Wildman–Crippen LogP) is 3.84. The highest BCUT2D eigenvalue weighted by Crippen LogP contribution is 2.34. The molecule has 1 aromatic carbocycles. The molecule has 1 fully saturated rings. The van der Waals surface area contributed by atoms with Gasteiger partial charge >= 0.3 is 6.18 Å². The van der Waals surface area contributed by atoms with Gasteiger partial charge in [0, 0.05) is 18.5 Å². The van der Waals surface area contributed by atoms with Crippen molar-refractivity contribution in [1.29, 1.82) is 0 Å². The number of Topliss-reactive ketones (excluding diaryl/α,β-unsaturated/α-hetero) is 1. The number of piperidine rings is 1. The minimum absolute atomic E-state index is 0.0612. The molecule has 2 rings (SSSR count). The average Bonchev–Trinajstić information content (AvgIpc) is 2.45. The molecule has 21 heavy (non-hydrogen) atoms. The summed E-state index contributed by atoms with van der Waals surface area (Å²) in [5.41, 5.74) is 1.65. The Morgan fingerprint density at radius 1 is 1.24 bits per heavy atom. The summed E-state index contributed by atoms with van der Waals surface area (Å²) in [6.07, 6.45) is -3.44. The first kappa shape index (κ1) is 16.0. The van der Waals surface area contributed by atoms with E-state index in [0.29, 0.717) is 31.6 Å². The maximum Gasteiger partial charge on any atom is 0.391 e. The van der Waals surface area contributed by atoms with Crippen LogP contribution < -0.4 is 0 Å². The molecule has 0 bridgehead atoms. The number of ketones is 1. The molecule has 116 valence electrons. The monoisotopic (exact) mass is 299 g/mol. The van der Waals surface area contributed by atoms with Crippen molar-refractivity contribution in [2.75, 3.05) is 19.6 Å². The molecule has 1 aliphatic heterocycles. The number of benzene rings is 1. The highest BCUT2D eigenvalue weighted by Gasteiger charge is 2.40. The van der Waals surface area contributed by atoms with Crippen LogP contribution in [0.3, 0.4) is 0 Å². The van der Waals surface area contributed by atoms with Crippen molar-refractivity contribution < 1.29 is 18.0 Å².